The number of aryl methyl sites for hydroxylation is 1. The molecule has 0 aliphatic rings. The van der Waals surface area contributed by atoms with Crippen LogP contribution in [0.15, 0.2) is 59.5 Å². The molecule has 162 valence electrons. The van der Waals surface area contributed by atoms with Gasteiger partial charge in [0.1, 0.15) is 17.7 Å². The Bertz CT molecular complexity index is 1370. The van der Waals surface area contributed by atoms with Crippen LogP contribution in [-0.2, 0) is 4.74 Å². The van der Waals surface area contributed by atoms with Gasteiger partial charge in [-0.3, -0.25) is 4.79 Å². The number of aromatic nitrogens is 3. The third-order valence-electron chi connectivity index (χ3n) is 5.02. The predicted octanol–water partition coefficient (Wildman–Crippen LogP) is 4.36. The quantitative estimate of drug-likeness (QED) is 0.470. The number of benzene rings is 2. The van der Waals surface area contributed by atoms with E-state index < -0.39 is 12.1 Å². The first-order valence-electron chi connectivity index (χ1n) is 9.87. The lowest BCUT2D eigenvalue weighted by atomic mass is 9.94. The molecule has 2 aromatic carbocycles. The maximum Gasteiger partial charge on any atom is 0.339 e. The molecule has 32 heavy (non-hydrogen) atoms. The lowest BCUT2D eigenvalue weighted by Crippen LogP contribution is -2.12. The molecule has 0 saturated heterocycles. The van der Waals surface area contributed by atoms with Crippen molar-refractivity contribution in [3.8, 4) is 17.0 Å². The van der Waals surface area contributed by atoms with E-state index >= 15 is 0 Å². The topological polar surface area (TPSA) is 94.2 Å². The van der Waals surface area contributed by atoms with Gasteiger partial charge in [0.05, 0.1) is 23.6 Å². The summed E-state index contributed by atoms with van der Waals surface area (Å²) in [6.45, 7) is 3.50. The fourth-order valence-corrected chi connectivity index (χ4v) is 3.50. The molecule has 0 spiro atoms. The number of pyridine rings is 1. The van der Waals surface area contributed by atoms with Crippen LogP contribution in [0, 0.1) is 12.7 Å². The molecule has 0 fully saturated rings. The first-order valence-corrected chi connectivity index (χ1v) is 9.87. The number of hydrogen-bond donors (Lipinski definition) is 1. The average molecular weight is 433 g/mol. The van der Waals surface area contributed by atoms with E-state index in [9.17, 15) is 14.0 Å². The number of hydrogen-bond acceptors (Lipinski definition) is 6. The number of ether oxygens (including phenoxy) is 2. The summed E-state index contributed by atoms with van der Waals surface area (Å²) in [5, 5.41) is 0.398. The monoisotopic (exact) mass is 433 g/mol. The number of nitrogens with one attached hydrogen (secondary N) is 1. The second-order valence-corrected chi connectivity index (χ2v) is 7.26. The first kappa shape index (κ1) is 21.2. The maximum absolute atomic E-state index is 14.0. The van der Waals surface area contributed by atoms with E-state index in [2.05, 4.69) is 19.7 Å². The minimum atomic E-state index is -0.546. The van der Waals surface area contributed by atoms with Crippen molar-refractivity contribution in [2.75, 3.05) is 7.11 Å². The van der Waals surface area contributed by atoms with Gasteiger partial charge in [-0.05, 0) is 55.3 Å². The molecular formula is C24H20FN3O4. The number of rotatable bonds is 5. The summed E-state index contributed by atoms with van der Waals surface area (Å²) >= 11 is 0. The zero-order valence-electron chi connectivity index (χ0n) is 17.7. The third-order valence-corrected chi connectivity index (χ3v) is 5.02. The van der Waals surface area contributed by atoms with E-state index in [4.69, 9.17) is 4.74 Å². The van der Waals surface area contributed by atoms with Gasteiger partial charge in [0.2, 0.25) is 5.88 Å². The highest BCUT2D eigenvalue weighted by atomic mass is 19.1. The van der Waals surface area contributed by atoms with E-state index in [1.807, 2.05) is 0 Å². The van der Waals surface area contributed by atoms with Gasteiger partial charge in [0, 0.05) is 17.8 Å². The summed E-state index contributed by atoms with van der Waals surface area (Å²) in [5.41, 5.74) is 2.51. The number of aromatic amines is 1. The van der Waals surface area contributed by atoms with Crippen LogP contribution in [-0.4, -0.2) is 28.0 Å². The Morgan fingerprint density at radius 3 is 2.66 bits per heavy atom. The summed E-state index contributed by atoms with van der Waals surface area (Å²) in [6.07, 6.45) is 0.814. The summed E-state index contributed by atoms with van der Waals surface area (Å²) in [6, 6.07) is 12.8. The van der Waals surface area contributed by atoms with Crippen LogP contribution in [0.3, 0.4) is 0 Å². The maximum atomic E-state index is 14.0. The van der Waals surface area contributed by atoms with Crippen molar-refractivity contribution < 1.29 is 18.7 Å². The lowest BCUT2D eigenvalue weighted by molar-refractivity contribution is 0.0600. The molecule has 2 aromatic heterocycles. The highest BCUT2D eigenvalue weighted by Crippen LogP contribution is 2.33. The van der Waals surface area contributed by atoms with Gasteiger partial charge in [-0.25, -0.2) is 19.2 Å². The van der Waals surface area contributed by atoms with Gasteiger partial charge in [-0.1, -0.05) is 12.1 Å². The van der Waals surface area contributed by atoms with Crippen molar-refractivity contribution >= 4 is 16.9 Å². The molecule has 0 aliphatic carbocycles. The van der Waals surface area contributed by atoms with Crippen LogP contribution in [0.4, 0.5) is 4.39 Å². The van der Waals surface area contributed by atoms with Crippen molar-refractivity contribution in [2.24, 2.45) is 0 Å². The van der Waals surface area contributed by atoms with Gasteiger partial charge >= 0.3 is 5.97 Å². The number of esters is 1. The molecule has 1 unspecified atom stereocenters. The van der Waals surface area contributed by atoms with Gasteiger partial charge in [0.25, 0.3) is 5.56 Å². The fourth-order valence-electron chi connectivity index (χ4n) is 3.50. The van der Waals surface area contributed by atoms with E-state index in [1.54, 1.807) is 50.2 Å². The van der Waals surface area contributed by atoms with Gasteiger partial charge < -0.3 is 14.5 Å². The first-order chi connectivity index (χ1) is 15.4. The van der Waals surface area contributed by atoms with Crippen LogP contribution in [0.2, 0.25) is 0 Å². The van der Waals surface area contributed by atoms with Crippen LogP contribution < -0.4 is 10.3 Å². The summed E-state index contributed by atoms with van der Waals surface area (Å²) in [4.78, 5) is 35.4. The van der Waals surface area contributed by atoms with Crippen molar-refractivity contribution in [3.05, 3.63) is 87.9 Å². The highest BCUT2D eigenvalue weighted by molar-refractivity contribution is 5.89. The van der Waals surface area contributed by atoms with Crippen LogP contribution in [0.5, 0.6) is 5.88 Å². The van der Waals surface area contributed by atoms with Gasteiger partial charge in [0.15, 0.2) is 0 Å². The minimum absolute atomic E-state index is 0.271. The van der Waals surface area contributed by atoms with Gasteiger partial charge in [-0.2, -0.15) is 0 Å². The molecule has 0 bridgehead atoms. The molecule has 0 saturated carbocycles. The number of halogens is 1. The Hall–Kier alpha value is -4.07. The molecule has 7 nitrogen and oxygen atoms in total. The second kappa shape index (κ2) is 8.58. The molecule has 1 atom stereocenters. The van der Waals surface area contributed by atoms with Crippen molar-refractivity contribution in [2.45, 2.75) is 20.0 Å². The SMILES string of the molecule is COC(=O)c1ccc(OC(C)c2cc3c(=O)[nH]c(C)nc3cc2-c2cccc(F)c2)nc1. The third kappa shape index (κ3) is 4.20. The number of H-pyrrole nitrogens is 1. The number of carbonyl (C=O) groups is 1. The van der Waals surface area contributed by atoms with Gasteiger partial charge in [-0.15, -0.1) is 0 Å². The van der Waals surface area contributed by atoms with E-state index in [0.717, 1.165) is 0 Å². The molecule has 2 heterocycles. The average Bonchev–Trinajstić information content (AvgIpc) is 2.78. The highest BCUT2D eigenvalue weighted by Gasteiger charge is 2.18. The molecule has 4 rings (SSSR count). The van der Waals surface area contributed by atoms with E-state index in [1.165, 1.54) is 25.4 Å². The van der Waals surface area contributed by atoms with E-state index in [0.29, 0.717) is 39.0 Å². The standard InChI is InChI=1S/C24H20FN3O4/c1-13(32-22-8-7-16(12-26-22)24(30)31-3)18-10-20-21(27-14(2)28-23(20)29)11-19(18)15-5-4-6-17(25)9-15/h4-13H,1-3H3,(H,27,28,29). The van der Waals surface area contributed by atoms with Crippen molar-refractivity contribution in [1.29, 1.82) is 0 Å². The van der Waals surface area contributed by atoms with Crippen LogP contribution in [0.25, 0.3) is 22.0 Å². The zero-order chi connectivity index (χ0) is 22.8. The molecule has 0 radical (unpaired) electrons. The molecule has 0 amide bonds. The minimum Gasteiger partial charge on any atom is -0.470 e. The molecular weight excluding hydrogens is 413 g/mol. The Balaban J connectivity index is 1.79. The number of fused-ring (bicyclic) bond motifs is 1. The molecule has 0 aliphatic heterocycles. The second-order valence-electron chi connectivity index (χ2n) is 7.26. The summed E-state index contributed by atoms with van der Waals surface area (Å²) in [5.74, 6) is -0.106. The van der Waals surface area contributed by atoms with E-state index in [-0.39, 0.29) is 17.3 Å². The summed E-state index contributed by atoms with van der Waals surface area (Å²) in [7, 11) is 1.29. The summed E-state index contributed by atoms with van der Waals surface area (Å²) < 4.78 is 24.6. The Morgan fingerprint density at radius 2 is 1.97 bits per heavy atom. The van der Waals surface area contributed by atoms with Crippen LogP contribution >= 0.6 is 0 Å². The Labute approximate surface area is 182 Å². The van der Waals surface area contributed by atoms with Crippen molar-refractivity contribution in [1.82, 2.24) is 15.0 Å². The number of nitrogens with zero attached hydrogens (tertiary/aromatic N) is 2. The Morgan fingerprint density at radius 1 is 1.16 bits per heavy atom. The van der Waals surface area contributed by atoms with Crippen molar-refractivity contribution in [3.63, 3.8) is 0 Å². The fraction of sp³-hybridized carbons (Fsp3) is 0.167. The lowest BCUT2D eigenvalue weighted by Gasteiger charge is -2.19. The Kier molecular flexibility index (Phi) is 5.68. The zero-order valence-corrected chi connectivity index (χ0v) is 17.7. The molecule has 1 N–H and O–H groups in total. The molecule has 4 aromatic rings. The normalized spacial score (nSPS) is 11.9. The van der Waals surface area contributed by atoms with Crippen LogP contribution in [0.1, 0.15) is 34.8 Å². The molecule has 8 heteroatoms. The number of carbonyl (C=O) groups excluding carboxylic acids is 1. The number of methoxy groups -OCH3 is 1. The predicted molar refractivity (Wildman–Crippen MR) is 117 cm³/mol. The smallest absolute Gasteiger partial charge is 0.339 e. The largest absolute Gasteiger partial charge is 0.470 e.